The van der Waals surface area contributed by atoms with Crippen LogP contribution in [0.2, 0.25) is 0 Å². The lowest BCUT2D eigenvalue weighted by atomic mass is 11.9. The fourth-order valence-electron chi connectivity index (χ4n) is 0. The van der Waals surface area contributed by atoms with Crippen LogP contribution in [0.1, 0.15) is 0 Å². The molecule has 0 unspecified atom stereocenters. The minimum absolute atomic E-state index is 0.0417. The van der Waals surface area contributed by atoms with Gasteiger partial charge in [-0.2, -0.15) is 0 Å². The standard InChI is InChI=1S/CH3F.2BrH.Mg/c1-2;;;/h1H3;2*1H;/q;;;+2/p-2. The molecule has 0 fully saturated rings. The molecule has 0 radical (unpaired) electrons. The van der Waals surface area contributed by atoms with Crippen molar-refractivity contribution in [3.63, 3.8) is 0 Å². The third kappa shape index (κ3) is 27.6. The summed E-state index contributed by atoms with van der Waals surface area (Å²) in [6, 6.07) is 0. The van der Waals surface area contributed by atoms with E-state index in [4.69, 9.17) is 0 Å². The van der Waals surface area contributed by atoms with Gasteiger partial charge in [0.1, 0.15) is 0 Å². The number of hydrogen-bond acceptors (Lipinski definition) is 0. The molecule has 0 bridgehead atoms. The zero-order valence-electron chi connectivity index (χ0n) is 2.84. The zero-order chi connectivity index (χ0) is 4.71. The van der Waals surface area contributed by atoms with E-state index in [0.717, 1.165) is 0 Å². The Morgan fingerprint density at radius 2 is 1.40 bits per heavy atom. The fraction of sp³-hybridized carbons (Fsp3) is 1.00. The largest absolute Gasteiger partial charge is 0.560 e. The first-order valence-corrected chi connectivity index (χ1v) is 8.71. The second kappa shape index (κ2) is 17.4. The Morgan fingerprint density at radius 3 is 1.40 bits per heavy atom. The first kappa shape index (κ1) is 9.82. The van der Waals surface area contributed by atoms with Crippen molar-refractivity contribution in [2.24, 2.45) is 0 Å². The molecule has 0 aliphatic carbocycles. The van der Waals surface area contributed by atoms with E-state index in [-0.39, 0.29) is 16.0 Å². The molecule has 5 heavy (non-hydrogen) atoms. The second-order valence-corrected chi connectivity index (χ2v) is 8.18. The van der Waals surface area contributed by atoms with Crippen molar-refractivity contribution in [3.8, 4) is 0 Å². The van der Waals surface area contributed by atoms with Gasteiger partial charge < -0.3 is 0 Å². The van der Waals surface area contributed by atoms with Crippen LogP contribution in [0.3, 0.4) is 0 Å². The van der Waals surface area contributed by atoms with Crippen molar-refractivity contribution in [1.82, 2.24) is 0 Å². The van der Waals surface area contributed by atoms with E-state index in [9.17, 15) is 4.39 Å². The fourth-order valence-corrected chi connectivity index (χ4v) is 0. The van der Waals surface area contributed by atoms with E-state index in [2.05, 4.69) is 25.8 Å². The van der Waals surface area contributed by atoms with Crippen LogP contribution in [-0.4, -0.2) is 23.2 Å². The normalized spacial score (nSPS) is 3.20. The molecular formula is CH3Br2FMg. The lowest BCUT2D eigenvalue weighted by molar-refractivity contribution is 0.636. The molecule has 0 atom stereocenters. The maximum Gasteiger partial charge on any atom is 0.560 e. The summed E-state index contributed by atoms with van der Waals surface area (Å²) in [5, 5.41) is 0. The lowest BCUT2D eigenvalue weighted by Gasteiger charge is -1.33. The highest BCUT2D eigenvalue weighted by molar-refractivity contribution is 9.47. The van der Waals surface area contributed by atoms with E-state index < -0.39 is 0 Å². The summed E-state index contributed by atoms with van der Waals surface area (Å²) in [5.74, 6) is 0. The third-order valence-corrected chi connectivity index (χ3v) is 0. The van der Waals surface area contributed by atoms with Gasteiger partial charge in [-0.1, -0.05) is 0 Å². The molecule has 0 amide bonds. The van der Waals surface area contributed by atoms with Gasteiger partial charge >= 0.3 is 16.0 Å². The maximum atomic E-state index is 9.50. The Labute approximate surface area is 53.0 Å². The highest BCUT2D eigenvalue weighted by Gasteiger charge is 1.62. The summed E-state index contributed by atoms with van der Waals surface area (Å²) in [5.41, 5.74) is 0. The van der Waals surface area contributed by atoms with Crippen molar-refractivity contribution in [1.29, 1.82) is 0 Å². The van der Waals surface area contributed by atoms with Gasteiger partial charge in [-0.15, -0.1) is 0 Å². The molecule has 0 nitrogen and oxygen atoms in total. The van der Waals surface area contributed by atoms with Crippen LogP contribution in [0.25, 0.3) is 0 Å². The molecule has 4 heteroatoms. The molecule has 0 spiro atoms. The van der Waals surface area contributed by atoms with E-state index in [1.54, 1.807) is 0 Å². The average Bonchev–Trinajstić information content (AvgIpc) is 1.46. The quantitative estimate of drug-likeness (QED) is 0.545. The molecule has 0 aliphatic heterocycles. The van der Waals surface area contributed by atoms with Gasteiger partial charge in [-0.05, 0) is 0 Å². The molecule has 0 heterocycles. The third-order valence-electron chi connectivity index (χ3n) is 0. The van der Waals surface area contributed by atoms with E-state index >= 15 is 0 Å². The Morgan fingerprint density at radius 1 is 1.40 bits per heavy atom. The lowest BCUT2D eigenvalue weighted by Crippen LogP contribution is -1.31. The van der Waals surface area contributed by atoms with Gasteiger partial charge in [0.05, 0.1) is 7.18 Å². The van der Waals surface area contributed by atoms with E-state index in [1.165, 1.54) is 0 Å². The van der Waals surface area contributed by atoms with Gasteiger partial charge in [0.2, 0.25) is 0 Å². The van der Waals surface area contributed by atoms with Crippen molar-refractivity contribution < 1.29 is 4.39 Å². The number of alkyl halides is 1. The monoisotopic (exact) mass is 216 g/mol. The molecule has 0 saturated carbocycles. The summed E-state index contributed by atoms with van der Waals surface area (Å²) in [6.45, 7) is 0. The van der Waals surface area contributed by atoms with Crippen LogP contribution >= 0.6 is 25.8 Å². The summed E-state index contributed by atoms with van der Waals surface area (Å²) >= 11 is 6.44. The van der Waals surface area contributed by atoms with Gasteiger partial charge in [0, 0.05) is 0 Å². The Balaban J connectivity index is 0. The Bertz CT molecular complexity index is 9.61. The van der Waals surface area contributed by atoms with Gasteiger partial charge in [-0.25, -0.2) is 0 Å². The van der Waals surface area contributed by atoms with Gasteiger partial charge in [-0.3, -0.25) is 30.2 Å². The topological polar surface area (TPSA) is 0 Å². The van der Waals surface area contributed by atoms with Crippen LogP contribution in [0.4, 0.5) is 4.39 Å². The van der Waals surface area contributed by atoms with Crippen LogP contribution in [0, 0.1) is 0 Å². The predicted octanol–water partition coefficient (Wildman–Crippen LogP) is 1.90. The molecule has 0 aromatic carbocycles. The number of hydrogen-bond donors (Lipinski definition) is 0. The zero-order valence-corrected chi connectivity index (χ0v) is 7.43. The van der Waals surface area contributed by atoms with Crippen molar-refractivity contribution in [2.45, 2.75) is 0 Å². The Kier molecular flexibility index (Phi) is 34.1. The summed E-state index contributed by atoms with van der Waals surface area (Å²) < 4.78 is 9.50. The summed E-state index contributed by atoms with van der Waals surface area (Å²) in [7, 11) is 0.500. The van der Waals surface area contributed by atoms with Crippen LogP contribution < -0.4 is 0 Å². The van der Waals surface area contributed by atoms with Crippen LogP contribution in [-0.2, 0) is 0 Å². The van der Waals surface area contributed by atoms with E-state index in [1.807, 2.05) is 0 Å². The smallest absolute Gasteiger partial charge is 0.280 e. The molecule has 0 saturated heterocycles. The number of rotatable bonds is 0. The molecule has 0 aromatic heterocycles. The van der Waals surface area contributed by atoms with Crippen molar-refractivity contribution >= 4 is 41.8 Å². The minimum Gasteiger partial charge on any atom is -0.280 e. The molecule has 0 aromatic rings. The van der Waals surface area contributed by atoms with Crippen LogP contribution in [0.5, 0.6) is 0 Å². The highest BCUT2D eigenvalue weighted by atomic mass is 79.9. The summed E-state index contributed by atoms with van der Waals surface area (Å²) in [6.07, 6.45) is 0. The minimum atomic E-state index is 0.0417. The van der Waals surface area contributed by atoms with E-state index in [0.29, 0.717) is 7.18 Å². The van der Waals surface area contributed by atoms with Crippen molar-refractivity contribution in [3.05, 3.63) is 0 Å². The maximum absolute atomic E-state index is 9.50. The molecule has 0 N–H and O–H groups in total. The molecule has 0 rings (SSSR count). The highest BCUT2D eigenvalue weighted by Crippen LogP contribution is 1.77. The molecule has 30 valence electrons. The Hall–Kier alpha value is 1.66. The summed E-state index contributed by atoms with van der Waals surface area (Å²) in [4.78, 5) is 0. The SMILES string of the molecule is CF.[Br][Mg][Br]. The van der Waals surface area contributed by atoms with Crippen molar-refractivity contribution in [2.75, 3.05) is 7.18 Å². The second-order valence-electron chi connectivity index (χ2n) is 0.101. The molecular weight excluding hydrogens is 215 g/mol. The predicted molar refractivity (Wildman–Crippen MR) is 30.6 cm³/mol. The number of halogens is 3. The van der Waals surface area contributed by atoms with Gasteiger partial charge in [0.15, 0.2) is 0 Å². The average molecular weight is 218 g/mol. The first-order chi connectivity index (χ1) is 2.41. The van der Waals surface area contributed by atoms with Crippen LogP contribution in [0.15, 0.2) is 0 Å². The first-order valence-electron chi connectivity index (χ1n) is 0.912. The molecule has 0 aliphatic rings. The van der Waals surface area contributed by atoms with Gasteiger partial charge in [0.25, 0.3) is 0 Å².